The second-order valence-corrected chi connectivity index (χ2v) is 4.20. The number of halogens is 2. The van der Waals surface area contributed by atoms with Crippen LogP contribution in [0.4, 0.5) is 20.2 Å². The molecule has 2 rings (SSSR count). The van der Waals surface area contributed by atoms with E-state index in [0.29, 0.717) is 25.1 Å². The van der Waals surface area contributed by atoms with Gasteiger partial charge in [-0.1, -0.05) is 30.3 Å². The number of nitrogens with one attached hydrogen (secondary N) is 1. The van der Waals surface area contributed by atoms with E-state index in [2.05, 4.69) is 5.32 Å². The van der Waals surface area contributed by atoms with Crippen molar-refractivity contribution in [2.45, 2.75) is 6.42 Å². The highest BCUT2D eigenvalue weighted by molar-refractivity contribution is 5.62. The average Bonchev–Trinajstić information content (AvgIpc) is 2.41. The Morgan fingerprint density at radius 2 is 1.85 bits per heavy atom. The summed E-state index contributed by atoms with van der Waals surface area (Å²) in [6.07, 6.45) is 0.578. The van der Waals surface area contributed by atoms with Gasteiger partial charge < -0.3 is 5.32 Å². The van der Waals surface area contributed by atoms with Gasteiger partial charge in [-0.25, -0.2) is 8.78 Å². The second-order valence-electron chi connectivity index (χ2n) is 4.20. The molecule has 1 N–H and O–H groups in total. The van der Waals surface area contributed by atoms with E-state index in [9.17, 15) is 18.9 Å². The van der Waals surface area contributed by atoms with Gasteiger partial charge in [0.15, 0.2) is 5.82 Å². The fourth-order valence-electron chi connectivity index (χ4n) is 1.86. The molecule has 0 aromatic heterocycles. The van der Waals surface area contributed by atoms with Gasteiger partial charge in [0.2, 0.25) is 0 Å². The van der Waals surface area contributed by atoms with Gasteiger partial charge in [0.25, 0.3) is 5.69 Å². The third-order valence-corrected chi connectivity index (χ3v) is 2.79. The van der Waals surface area contributed by atoms with Crippen LogP contribution in [0.15, 0.2) is 42.5 Å². The summed E-state index contributed by atoms with van der Waals surface area (Å²) in [7, 11) is 0. The zero-order chi connectivity index (χ0) is 14.5. The number of anilines is 1. The highest BCUT2D eigenvalue weighted by Gasteiger charge is 2.19. The predicted molar refractivity (Wildman–Crippen MR) is 71.6 cm³/mol. The van der Waals surface area contributed by atoms with Crippen LogP contribution in [0.3, 0.4) is 0 Å². The van der Waals surface area contributed by atoms with Gasteiger partial charge in [-0.2, -0.15) is 0 Å². The number of nitro benzene ring substituents is 1. The van der Waals surface area contributed by atoms with Gasteiger partial charge in [0.05, 0.1) is 11.0 Å². The van der Waals surface area contributed by atoms with Crippen molar-refractivity contribution in [3.05, 3.63) is 69.8 Å². The van der Waals surface area contributed by atoms with Crippen LogP contribution >= 0.6 is 0 Å². The van der Waals surface area contributed by atoms with Crippen molar-refractivity contribution >= 4 is 11.4 Å². The Kier molecular flexibility index (Phi) is 4.24. The van der Waals surface area contributed by atoms with E-state index in [-0.39, 0.29) is 5.69 Å². The molecule has 2 aromatic rings. The van der Waals surface area contributed by atoms with Gasteiger partial charge in [-0.3, -0.25) is 10.1 Å². The monoisotopic (exact) mass is 278 g/mol. The largest absolute Gasteiger partial charge is 0.377 e. The first-order valence-corrected chi connectivity index (χ1v) is 5.99. The molecule has 6 heteroatoms. The maximum Gasteiger partial charge on any atom is 0.298 e. The predicted octanol–water partition coefficient (Wildman–Crippen LogP) is 3.53. The van der Waals surface area contributed by atoms with Crippen molar-refractivity contribution in [3.63, 3.8) is 0 Å². The fraction of sp³-hybridized carbons (Fsp3) is 0.143. The SMILES string of the molecule is O=[N+]([O-])c1cc(F)cc(F)c1NCCc1ccccc1. The highest BCUT2D eigenvalue weighted by Crippen LogP contribution is 2.28. The van der Waals surface area contributed by atoms with Crippen LogP contribution < -0.4 is 5.32 Å². The molecule has 0 bridgehead atoms. The van der Waals surface area contributed by atoms with Crippen LogP contribution in [-0.2, 0) is 6.42 Å². The summed E-state index contributed by atoms with van der Waals surface area (Å²) in [6.45, 7) is 0.313. The van der Waals surface area contributed by atoms with E-state index in [0.717, 1.165) is 5.56 Å². The third kappa shape index (κ3) is 3.28. The number of nitro groups is 1. The molecule has 0 radical (unpaired) electrons. The molecule has 0 aliphatic heterocycles. The van der Waals surface area contributed by atoms with Crippen molar-refractivity contribution in [1.29, 1.82) is 0 Å². The van der Waals surface area contributed by atoms with Crippen LogP contribution in [0.25, 0.3) is 0 Å². The Morgan fingerprint density at radius 3 is 2.50 bits per heavy atom. The van der Waals surface area contributed by atoms with Crippen molar-refractivity contribution in [2.75, 3.05) is 11.9 Å². The van der Waals surface area contributed by atoms with E-state index in [4.69, 9.17) is 0 Å². The van der Waals surface area contributed by atoms with E-state index in [1.165, 1.54) is 0 Å². The molecule has 0 saturated carbocycles. The lowest BCUT2D eigenvalue weighted by molar-refractivity contribution is -0.384. The number of nitrogens with zero attached hydrogens (tertiary/aromatic N) is 1. The molecule has 20 heavy (non-hydrogen) atoms. The third-order valence-electron chi connectivity index (χ3n) is 2.79. The van der Waals surface area contributed by atoms with Crippen molar-refractivity contribution in [2.24, 2.45) is 0 Å². The van der Waals surface area contributed by atoms with Crippen LogP contribution in [-0.4, -0.2) is 11.5 Å². The van der Waals surface area contributed by atoms with Crippen LogP contribution in [0.2, 0.25) is 0 Å². The van der Waals surface area contributed by atoms with E-state index >= 15 is 0 Å². The number of hydrogen-bond donors (Lipinski definition) is 1. The normalized spacial score (nSPS) is 10.3. The molecule has 0 heterocycles. The molecule has 0 amide bonds. The summed E-state index contributed by atoms with van der Waals surface area (Å²) in [5.41, 5.74) is 0.132. The fourth-order valence-corrected chi connectivity index (χ4v) is 1.86. The summed E-state index contributed by atoms with van der Waals surface area (Å²) in [5, 5.41) is 13.4. The minimum atomic E-state index is -0.970. The average molecular weight is 278 g/mol. The number of rotatable bonds is 5. The molecule has 0 aliphatic rings. The molecule has 0 spiro atoms. The lowest BCUT2D eigenvalue weighted by Gasteiger charge is -2.08. The lowest BCUT2D eigenvalue weighted by Crippen LogP contribution is -2.09. The Balaban J connectivity index is 2.11. The van der Waals surface area contributed by atoms with Gasteiger partial charge in [-0.05, 0) is 12.0 Å². The minimum absolute atomic E-state index is 0.285. The topological polar surface area (TPSA) is 55.2 Å². The molecular weight excluding hydrogens is 266 g/mol. The quantitative estimate of drug-likeness (QED) is 0.672. The maximum atomic E-state index is 13.6. The molecule has 0 unspecified atom stereocenters. The van der Waals surface area contributed by atoms with Gasteiger partial charge in [-0.15, -0.1) is 0 Å². The zero-order valence-electron chi connectivity index (χ0n) is 10.5. The second kappa shape index (κ2) is 6.10. The summed E-state index contributed by atoms with van der Waals surface area (Å²) in [4.78, 5) is 9.98. The maximum absolute atomic E-state index is 13.6. The Labute approximate surface area is 114 Å². The molecule has 0 fully saturated rings. The summed E-state index contributed by atoms with van der Waals surface area (Å²) < 4.78 is 26.6. The smallest absolute Gasteiger partial charge is 0.298 e. The molecule has 104 valence electrons. The highest BCUT2D eigenvalue weighted by atomic mass is 19.1. The Hall–Kier alpha value is -2.50. The molecule has 4 nitrogen and oxygen atoms in total. The van der Waals surface area contributed by atoms with Gasteiger partial charge in [0.1, 0.15) is 11.5 Å². The van der Waals surface area contributed by atoms with E-state index in [1.54, 1.807) is 0 Å². The van der Waals surface area contributed by atoms with E-state index in [1.807, 2.05) is 30.3 Å². The summed E-state index contributed by atoms with van der Waals surface area (Å²) in [5.74, 6) is -1.94. The first-order chi connectivity index (χ1) is 9.58. The van der Waals surface area contributed by atoms with Gasteiger partial charge >= 0.3 is 0 Å². The first kappa shape index (κ1) is 13.9. The summed E-state index contributed by atoms with van der Waals surface area (Å²) >= 11 is 0. The van der Waals surface area contributed by atoms with Crippen LogP contribution in [0, 0.1) is 21.7 Å². The van der Waals surface area contributed by atoms with Crippen LogP contribution in [0.1, 0.15) is 5.56 Å². The lowest BCUT2D eigenvalue weighted by atomic mass is 10.1. The van der Waals surface area contributed by atoms with Crippen molar-refractivity contribution in [3.8, 4) is 0 Å². The molecule has 2 aromatic carbocycles. The first-order valence-electron chi connectivity index (χ1n) is 5.99. The number of benzene rings is 2. The molecule has 0 atom stereocenters. The standard InChI is InChI=1S/C14H12F2N2O2/c15-11-8-12(16)14(13(9-11)18(19)20)17-7-6-10-4-2-1-3-5-10/h1-5,8-9,17H,6-7H2. The molecular formula is C14H12F2N2O2. The molecule has 0 saturated heterocycles. The van der Waals surface area contributed by atoms with E-state index < -0.39 is 22.2 Å². The Bertz CT molecular complexity index is 618. The number of hydrogen-bond acceptors (Lipinski definition) is 3. The Morgan fingerprint density at radius 1 is 1.15 bits per heavy atom. The zero-order valence-corrected chi connectivity index (χ0v) is 10.5. The molecule has 0 aliphatic carbocycles. The van der Waals surface area contributed by atoms with Crippen molar-refractivity contribution in [1.82, 2.24) is 0 Å². The van der Waals surface area contributed by atoms with Gasteiger partial charge in [0, 0.05) is 12.6 Å². The minimum Gasteiger partial charge on any atom is -0.377 e. The van der Waals surface area contributed by atoms with Crippen LogP contribution in [0.5, 0.6) is 0 Å². The summed E-state index contributed by atoms with van der Waals surface area (Å²) in [6, 6.07) is 10.7. The van der Waals surface area contributed by atoms with Crippen molar-refractivity contribution < 1.29 is 13.7 Å².